The number of hydrogen-bond acceptors (Lipinski definition) is 6. The molecule has 8 nitrogen and oxygen atoms in total. The molecule has 168 valence electrons. The second-order valence-electron chi connectivity index (χ2n) is 6.58. The Morgan fingerprint density at radius 1 is 1.22 bits per heavy atom. The molecule has 0 aromatic heterocycles. The van der Waals surface area contributed by atoms with E-state index in [4.69, 9.17) is 20.6 Å². The smallest absolute Gasteiger partial charge is 0.262 e. The van der Waals surface area contributed by atoms with E-state index in [1.807, 2.05) is 0 Å². The fraction of sp³-hybridized carbons (Fsp3) is 0.261. The van der Waals surface area contributed by atoms with Crippen LogP contribution in [-0.2, 0) is 16.0 Å². The Bertz CT molecular complexity index is 1020. The van der Waals surface area contributed by atoms with E-state index < -0.39 is 11.9 Å². The van der Waals surface area contributed by atoms with Gasteiger partial charge in [-0.3, -0.25) is 9.59 Å². The maximum Gasteiger partial charge on any atom is 0.262 e. The van der Waals surface area contributed by atoms with Crippen LogP contribution in [0.3, 0.4) is 0 Å². The minimum Gasteiger partial charge on any atom is -0.497 e. The van der Waals surface area contributed by atoms with Gasteiger partial charge in [-0.05, 0) is 58.2 Å². The molecule has 2 aromatic rings. The molecule has 0 bridgehead atoms. The van der Waals surface area contributed by atoms with Crippen LogP contribution in [0.15, 0.2) is 46.0 Å². The highest BCUT2D eigenvalue weighted by Gasteiger charge is 2.15. The summed E-state index contributed by atoms with van der Waals surface area (Å²) >= 11 is 3.40. The van der Waals surface area contributed by atoms with Crippen molar-refractivity contribution >= 4 is 34.0 Å². The zero-order valence-electron chi connectivity index (χ0n) is 18.0. The molecule has 2 aromatic carbocycles. The summed E-state index contributed by atoms with van der Waals surface area (Å²) in [6.45, 7) is 1.68. The van der Waals surface area contributed by atoms with Crippen molar-refractivity contribution in [2.24, 2.45) is 5.10 Å². The van der Waals surface area contributed by atoms with Gasteiger partial charge in [0.15, 0.2) is 11.5 Å². The van der Waals surface area contributed by atoms with Crippen LogP contribution < -0.4 is 25.0 Å². The van der Waals surface area contributed by atoms with Crippen LogP contribution in [-0.4, -0.2) is 44.9 Å². The molecule has 2 amide bonds. The molecule has 2 N–H and O–H groups in total. The van der Waals surface area contributed by atoms with Gasteiger partial charge in [-0.1, -0.05) is 18.1 Å². The molecule has 1 atom stereocenters. The highest BCUT2D eigenvalue weighted by atomic mass is 79.9. The summed E-state index contributed by atoms with van der Waals surface area (Å²) in [6, 6.07) is 9.80. The summed E-state index contributed by atoms with van der Waals surface area (Å²) < 4.78 is 16.5. The van der Waals surface area contributed by atoms with Crippen LogP contribution >= 0.6 is 15.9 Å². The summed E-state index contributed by atoms with van der Waals surface area (Å²) in [5.74, 6) is 3.30. The predicted molar refractivity (Wildman–Crippen MR) is 125 cm³/mol. The second kappa shape index (κ2) is 12.4. The SMILES string of the molecule is C#CCOc1c(Br)cc(C=NNC(=O)C(C)NC(=O)Cc2ccc(OC)cc2)cc1OC. The number of terminal acetylenes is 1. The third-order valence-electron chi connectivity index (χ3n) is 4.23. The van der Waals surface area contributed by atoms with E-state index in [1.54, 1.807) is 50.4 Å². The zero-order chi connectivity index (χ0) is 23.5. The van der Waals surface area contributed by atoms with Crippen molar-refractivity contribution in [1.82, 2.24) is 10.7 Å². The first-order valence-corrected chi connectivity index (χ1v) is 10.4. The minimum atomic E-state index is -0.765. The molecule has 0 saturated heterocycles. The summed E-state index contributed by atoms with van der Waals surface area (Å²) in [6.07, 6.45) is 6.81. The summed E-state index contributed by atoms with van der Waals surface area (Å²) in [5.41, 5.74) is 3.87. The van der Waals surface area contributed by atoms with Crippen molar-refractivity contribution in [1.29, 1.82) is 0 Å². The van der Waals surface area contributed by atoms with Crippen LogP contribution in [0.4, 0.5) is 0 Å². The molecule has 0 spiro atoms. The fourth-order valence-corrected chi connectivity index (χ4v) is 3.20. The number of carbonyl (C=O) groups excluding carboxylic acids is 2. The quantitative estimate of drug-likeness (QED) is 0.296. The van der Waals surface area contributed by atoms with Gasteiger partial charge < -0.3 is 19.5 Å². The predicted octanol–water partition coefficient (Wildman–Crippen LogP) is 2.68. The van der Waals surface area contributed by atoms with E-state index in [0.717, 1.165) is 5.56 Å². The monoisotopic (exact) mass is 501 g/mol. The number of nitrogens with zero attached hydrogens (tertiary/aromatic N) is 1. The Balaban J connectivity index is 1.91. The van der Waals surface area contributed by atoms with Gasteiger partial charge in [0.1, 0.15) is 18.4 Å². The number of nitrogens with one attached hydrogen (secondary N) is 2. The normalized spacial score (nSPS) is 11.3. The molecular formula is C23H24BrN3O5. The number of amides is 2. The van der Waals surface area contributed by atoms with E-state index in [0.29, 0.717) is 27.3 Å². The van der Waals surface area contributed by atoms with E-state index in [9.17, 15) is 9.59 Å². The Hall–Kier alpha value is -3.51. The van der Waals surface area contributed by atoms with Gasteiger partial charge in [0.25, 0.3) is 5.91 Å². The van der Waals surface area contributed by atoms with Gasteiger partial charge >= 0.3 is 0 Å². The largest absolute Gasteiger partial charge is 0.497 e. The highest BCUT2D eigenvalue weighted by Crippen LogP contribution is 2.36. The minimum absolute atomic E-state index is 0.0977. The van der Waals surface area contributed by atoms with Crippen molar-refractivity contribution in [3.05, 3.63) is 52.0 Å². The van der Waals surface area contributed by atoms with E-state index in [2.05, 4.69) is 37.7 Å². The van der Waals surface area contributed by atoms with Gasteiger partial charge in [0.05, 0.1) is 31.3 Å². The van der Waals surface area contributed by atoms with E-state index in [1.165, 1.54) is 13.3 Å². The molecule has 0 saturated carbocycles. The molecule has 0 heterocycles. The number of carbonyl (C=O) groups is 2. The number of halogens is 1. The third kappa shape index (κ3) is 7.32. The average molecular weight is 502 g/mol. The third-order valence-corrected chi connectivity index (χ3v) is 4.82. The van der Waals surface area contributed by atoms with Crippen LogP contribution in [0.2, 0.25) is 0 Å². The topological polar surface area (TPSA) is 98.2 Å². The summed E-state index contributed by atoms with van der Waals surface area (Å²) in [7, 11) is 3.08. The maximum absolute atomic E-state index is 12.2. The van der Waals surface area contributed by atoms with Gasteiger partial charge in [0, 0.05) is 0 Å². The van der Waals surface area contributed by atoms with Crippen molar-refractivity contribution in [2.75, 3.05) is 20.8 Å². The number of rotatable bonds is 10. The van der Waals surface area contributed by atoms with Gasteiger partial charge in [0.2, 0.25) is 5.91 Å². The van der Waals surface area contributed by atoms with Crippen LogP contribution in [0.1, 0.15) is 18.1 Å². The van der Waals surface area contributed by atoms with Gasteiger partial charge in [-0.2, -0.15) is 5.10 Å². The average Bonchev–Trinajstić information content (AvgIpc) is 2.78. The number of hydrazone groups is 1. The lowest BCUT2D eigenvalue weighted by molar-refractivity contribution is -0.128. The standard InChI is InChI=1S/C23H24BrN3O5/c1-5-10-32-22-19(24)11-17(12-20(22)31-4)14-25-27-23(29)15(2)26-21(28)13-16-6-8-18(30-3)9-7-16/h1,6-9,11-12,14-15H,10,13H2,2-4H3,(H,26,28)(H,27,29). The molecule has 2 rings (SSSR count). The maximum atomic E-state index is 12.2. The summed E-state index contributed by atoms with van der Waals surface area (Å²) in [4.78, 5) is 24.4. The lowest BCUT2D eigenvalue weighted by atomic mass is 10.1. The Labute approximate surface area is 195 Å². The molecule has 0 aliphatic rings. The first kappa shape index (κ1) is 24.8. The van der Waals surface area contributed by atoms with Crippen LogP contribution in [0.25, 0.3) is 0 Å². The van der Waals surface area contributed by atoms with Crippen LogP contribution in [0, 0.1) is 12.3 Å². The first-order valence-electron chi connectivity index (χ1n) is 9.57. The number of ether oxygens (including phenoxy) is 3. The Kier molecular flexibility index (Phi) is 9.57. The lowest BCUT2D eigenvalue weighted by Gasteiger charge is -2.13. The molecule has 9 heteroatoms. The van der Waals surface area contributed by atoms with Crippen molar-refractivity contribution in [3.63, 3.8) is 0 Å². The van der Waals surface area contributed by atoms with Crippen LogP contribution in [0.5, 0.6) is 17.2 Å². The Morgan fingerprint density at radius 2 is 1.94 bits per heavy atom. The highest BCUT2D eigenvalue weighted by molar-refractivity contribution is 9.10. The molecule has 0 fully saturated rings. The first-order chi connectivity index (χ1) is 15.4. The van der Waals surface area contributed by atoms with Crippen molar-refractivity contribution < 1.29 is 23.8 Å². The number of methoxy groups -OCH3 is 2. The van der Waals surface area contributed by atoms with Gasteiger partial charge in [-0.25, -0.2) is 5.43 Å². The molecular weight excluding hydrogens is 478 g/mol. The lowest BCUT2D eigenvalue weighted by Crippen LogP contribution is -2.43. The van der Waals surface area contributed by atoms with Crippen molar-refractivity contribution in [3.8, 4) is 29.6 Å². The van der Waals surface area contributed by atoms with E-state index in [-0.39, 0.29) is 18.9 Å². The number of hydrogen-bond donors (Lipinski definition) is 2. The number of benzene rings is 2. The summed E-state index contributed by atoms with van der Waals surface area (Å²) in [5, 5.41) is 6.59. The molecule has 32 heavy (non-hydrogen) atoms. The van der Waals surface area contributed by atoms with Crippen molar-refractivity contribution in [2.45, 2.75) is 19.4 Å². The molecule has 0 aliphatic carbocycles. The molecule has 0 radical (unpaired) electrons. The van der Waals surface area contributed by atoms with Gasteiger partial charge in [-0.15, -0.1) is 6.42 Å². The second-order valence-corrected chi connectivity index (χ2v) is 7.43. The molecule has 1 unspecified atom stereocenters. The zero-order valence-corrected chi connectivity index (χ0v) is 19.6. The molecule has 0 aliphatic heterocycles. The fourth-order valence-electron chi connectivity index (χ4n) is 2.62. The van der Waals surface area contributed by atoms with E-state index >= 15 is 0 Å². The Morgan fingerprint density at radius 3 is 2.56 bits per heavy atom.